The number of hydrogen-bond donors (Lipinski definition) is 0. The smallest absolute Gasteiger partial charge is 0.258 e. The van der Waals surface area contributed by atoms with Crippen LogP contribution >= 0.6 is 0 Å². The number of pyridine rings is 1. The first-order chi connectivity index (χ1) is 14.1. The second-order valence-corrected chi connectivity index (χ2v) is 8.28. The van der Waals surface area contributed by atoms with E-state index in [1.54, 1.807) is 0 Å². The fourth-order valence-electron chi connectivity index (χ4n) is 4.96. The van der Waals surface area contributed by atoms with Crippen molar-refractivity contribution in [2.24, 2.45) is 5.92 Å². The molecule has 3 aromatic rings. The molecule has 1 fully saturated rings. The summed E-state index contributed by atoms with van der Waals surface area (Å²) in [5.74, 6) is 0.625. The van der Waals surface area contributed by atoms with Gasteiger partial charge in [0.25, 0.3) is 11.5 Å². The molecule has 4 heteroatoms. The van der Waals surface area contributed by atoms with E-state index >= 15 is 0 Å². The normalized spacial score (nSPS) is 20.2. The molecule has 2 aliphatic rings. The Bertz CT molecular complexity index is 1130. The average molecular weight is 384 g/mol. The summed E-state index contributed by atoms with van der Waals surface area (Å²) in [4.78, 5) is 28.2. The van der Waals surface area contributed by atoms with Crippen molar-refractivity contribution in [3.8, 4) is 11.1 Å². The Kier molecular flexibility index (Phi) is 4.35. The van der Waals surface area contributed by atoms with Crippen LogP contribution in [-0.2, 0) is 6.54 Å². The molecule has 2 aliphatic heterocycles. The van der Waals surface area contributed by atoms with Gasteiger partial charge in [-0.2, -0.15) is 0 Å². The van der Waals surface area contributed by atoms with E-state index in [1.807, 2.05) is 77.1 Å². The molecule has 2 atom stereocenters. The summed E-state index contributed by atoms with van der Waals surface area (Å²) < 4.78 is 1.96. The van der Waals surface area contributed by atoms with E-state index in [2.05, 4.69) is 6.07 Å². The Labute approximate surface area is 170 Å². The van der Waals surface area contributed by atoms with Crippen molar-refractivity contribution in [1.82, 2.24) is 9.47 Å². The van der Waals surface area contributed by atoms with Gasteiger partial charge in [0, 0.05) is 42.4 Å². The molecule has 0 aliphatic carbocycles. The SMILES string of the molecule is Cc1ccccc1-c1ccc2n(c1=O)CC1CC2CN(C(=O)c2ccccc2)C1. The van der Waals surface area contributed by atoms with Crippen LogP contribution in [0.25, 0.3) is 11.1 Å². The number of nitrogens with zero attached hydrogens (tertiary/aromatic N) is 2. The molecule has 29 heavy (non-hydrogen) atoms. The molecule has 0 radical (unpaired) electrons. The lowest BCUT2D eigenvalue weighted by molar-refractivity contribution is 0.0594. The van der Waals surface area contributed by atoms with E-state index in [-0.39, 0.29) is 17.4 Å². The van der Waals surface area contributed by atoms with E-state index in [0.717, 1.165) is 34.4 Å². The zero-order valence-electron chi connectivity index (χ0n) is 16.5. The topological polar surface area (TPSA) is 42.3 Å². The monoisotopic (exact) mass is 384 g/mol. The molecule has 146 valence electrons. The van der Waals surface area contributed by atoms with Gasteiger partial charge in [0.2, 0.25) is 0 Å². The number of carbonyl (C=O) groups is 1. The van der Waals surface area contributed by atoms with Gasteiger partial charge in [0.15, 0.2) is 0 Å². The van der Waals surface area contributed by atoms with E-state index in [9.17, 15) is 9.59 Å². The average Bonchev–Trinajstić information content (AvgIpc) is 2.75. The molecule has 2 aromatic carbocycles. The maximum atomic E-state index is 13.3. The van der Waals surface area contributed by atoms with Gasteiger partial charge in [-0.05, 0) is 54.7 Å². The van der Waals surface area contributed by atoms with Crippen molar-refractivity contribution in [3.05, 3.63) is 93.9 Å². The van der Waals surface area contributed by atoms with Gasteiger partial charge in [-0.1, -0.05) is 42.5 Å². The number of hydrogen-bond acceptors (Lipinski definition) is 2. The Morgan fingerprint density at radius 1 is 0.862 bits per heavy atom. The van der Waals surface area contributed by atoms with Crippen LogP contribution in [0.15, 0.2) is 71.5 Å². The van der Waals surface area contributed by atoms with Gasteiger partial charge >= 0.3 is 0 Å². The summed E-state index contributed by atoms with van der Waals surface area (Å²) in [6.45, 7) is 4.11. The Morgan fingerprint density at radius 3 is 2.41 bits per heavy atom. The van der Waals surface area contributed by atoms with Gasteiger partial charge < -0.3 is 9.47 Å². The molecule has 0 N–H and O–H groups in total. The van der Waals surface area contributed by atoms with E-state index in [4.69, 9.17) is 0 Å². The molecule has 1 saturated heterocycles. The first-order valence-corrected chi connectivity index (χ1v) is 10.3. The van der Waals surface area contributed by atoms with Crippen LogP contribution in [0.2, 0.25) is 0 Å². The Hall–Kier alpha value is -3.14. The third kappa shape index (κ3) is 3.09. The minimum Gasteiger partial charge on any atom is -0.338 e. The number of piperidine rings is 1. The quantitative estimate of drug-likeness (QED) is 0.668. The molecular formula is C25H24N2O2. The highest BCUT2D eigenvalue weighted by Crippen LogP contribution is 2.36. The summed E-state index contributed by atoms with van der Waals surface area (Å²) in [5.41, 5.74) is 4.78. The van der Waals surface area contributed by atoms with Crippen molar-refractivity contribution in [1.29, 1.82) is 0 Å². The number of rotatable bonds is 2. The van der Waals surface area contributed by atoms with Crippen molar-refractivity contribution in [3.63, 3.8) is 0 Å². The number of likely N-dealkylation sites (tertiary alicyclic amines) is 1. The molecule has 3 heterocycles. The van der Waals surface area contributed by atoms with Gasteiger partial charge in [-0.3, -0.25) is 9.59 Å². The number of benzene rings is 2. The lowest BCUT2D eigenvalue weighted by atomic mass is 9.82. The maximum absolute atomic E-state index is 13.3. The summed E-state index contributed by atoms with van der Waals surface area (Å²) in [7, 11) is 0. The van der Waals surface area contributed by atoms with Crippen LogP contribution < -0.4 is 5.56 Å². The predicted molar refractivity (Wildman–Crippen MR) is 114 cm³/mol. The second kappa shape index (κ2) is 7.03. The molecule has 0 saturated carbocycles. The molecule has 2 bridgehead atoms. The molecule has 1 aromatic heterocycles. The van der Waals surface area contributed by atoms with Crippen molar-refractivity contribution in [2.75, 3.05) is 13.1 Å². The van der Waals surface area contributed by atoms with E-state index in [0.29, 0.717) is 25.6 Å². The van der Waals surface area contributed by atoms with Crippen LogP contribution in [0, 0.1) is 12.8 Å². The summed E-state index contributed by atoms with van der Waals surface area (Å²) in [5, 5.41) is 0. The van der Waals surface area contributed by atoms with Crippen molar-refractivity contribution >= 4 is 5.91 Å². The molecule has 0 spiro atoms. The fraction of sp³-hybridized carbons (Fsp3) is 0.280. The highest BCUT2D eigenvalue weighted by molar-refractivity contribution is 5.94. The molecule has 1 amide bonds. The van der Waals surface area contributed by atoms with Gasteiger partial charge in [0.1, 0.15) is 0 Å². The number of fused-ring (bicyclic) bond motifs is 4. The highest BCUT2D eigenvalue weighted by atomic mass is 16.2. The predicted octanol–water partition coefficient (Wildman–Crippen LogP) is 4.08. The van der Waals surface area contributed by atoms with Crippen LogP contribution in [0.4, 0.5) is 0 Å². The second-order valence-electron chi connectivity index (χ2n) is 8.28. The molecular weight excluding hydrogens is 360 g/mol. The lowest BCUT2D eigenvalue weighted by Crippen LogP contribution is -2.49. The fourth-order valence-corrected chi connectivity index (χ4v) is 4.96. The Balaban J connectivity index is 1.49. The first kappa shape index (κ1) is 17.9. The minimum atomic E-state index is 0.0904. The van der Waals surface area contributed by atoms with Crippen molar-refractivity contribution in [2.45, 2.75) is 25.8 Å². The van der Waals surface area contributed by atoms with Gasteiger partial charge in [0.05, 0.1) is 0 Å². The molecule has 5 rings (SSSR count). The highest BCUT2D eigenvalue weighted by Gasteiger charge is 2.36. The van der Waals surface area contributed by atoms with Gasteiger partial charge in [-0.15, -0.1) is 0 Å². The van der Waals surface area contributed by atoms with Crippen molar-refractivity contribution < 1.29 is 4.79 Å². The zero-order chi connectivity index (χ0) is 20.0. The van der Waals surface area contributed by atoms with E-state index in [1.165, 1.54) is 0 Å². The van der Waals surface area contributed by atoms with Crippen LogP contribution in [0.5, 0.6) is 0 Å². The number of aryl methyl sites for hydroxylation is 1. The van der Waals surface area contributed by atoms with Gasteiger partial charge in [-0.25, -0.2) is 0 Å². The number of aromatic nitrogens is 1. The summed E-state index contributed by atoms with van der Waals surface area (Å²) in [6, 6.07) is 21.6. The van der Waals surface area contributed by atoms with Crippen LogP contribution in [0.1, 0.15) is 34.0 Å². The lowest BCUT2D eigenvalue weighted by Gasteiger charge is -2.43. The van der Waals surface area contributed by atoms with E-state index < -0.39 is 0 Å². The summed E-state index contributed by atoms with van der Waals surface area (Å²) in [6.07, 6.45) is 1.04. The standard InChI is InChI=1S/C25H24N2O2/c1-17-7-5-6-10-21(17)22-11-12-23-20-13-18(15-27(23)25(22)29)14-26(16-20)24(28)19-8-3-2-4-9-19/h2-12,18,20H,13-16H2,1H3. The summed E-state index contributed by atoms with van der Waals surface area (Å²) >= 11 is 0. The third-order valence-electron chi connectivity index (χ3n) is 6.35. The molecule has 2 unspecified atom stereocenters. The van der Waals surface area contributed by atoms with Crippen LogP contribution in [-0.4, -0.2) is 28.5 Å². The molecule has 4 nitrogen and oxygen atoms in total. The minimum absolute atomic E-state index is 0.0904. The maximum Gasteiger partial charge on any atom is 0.258 e. The number of amides is 1. The number of carbonyl (C=O) groups excluding carboxylic acids is 1. The zero-order valence-corrected chi connectivity index (χ0v) is 16.5. The van der Waals surface area contributed by atoms with Crippen LogP contribution in [0.3, 0.4) is 0 Å². The third-order valence-corrected chi connectivity index (χ3v) is 6.35. The largest absolute Gasteiger partial charge is 0.338 e. The Morgan fingerprint density at radius 2 is 1.62 bits per heavy atom. The first-order valence-electron chi connectivity index (χ1n) is 10.3.